The minimum Gasteiger partial charge on any atom is -0.349 e. The molecule has 5 nitrogen and oxygen atoms in total. The van der Waals surface area contributed by atoms with Gasteiger partial charge in [0.15, 0.2) is 0 Å². The molecule has 0 aliphatic heterocycles. The molecule has 0 spiro atoms. The average molecular weight is 285 g/mol. The molecule has 0 aliphatic rings. The Morgan fingerprint density at radius 3 is 2.47 bits per heavy atom. The molecular formula is C13H17ClN2O3. The normalized spacial score (nSPS) is 11.7. The summed E-state index contributed by atoms with van der Waals surface area (Å²) in [6.45, 7) is 3.56. The fraction of sp³-hybridized carbons (Fsp3) is 0.385. The monoisotopic (exact) mass is 284 g/mol. The van der Waals surface area contributed by atoms with Gasteiger partial charge in [-0.3, -0.25) is 14.4 Å². The van der Waals surface area contributed by atoms with Crippen LogP contribution in [0.5, 0.6) is 0 Å². The quantitative estimate of drug-likeness (QED) is 0.785. The van der Waals surface area contributed by atoms with Crippen LogP contribution in [0.15, 0.2) is 24.3 Å². The highest BCUT2D eigenvalue weighted by atomic mass is 35.5. The first-order valence-corrected chi connectivity index (χ1v) is 6.34. The number of hydrogen-bond acceptors (Lipinski definition) is 3. The summed E-state index contributed by atoms with van der Waals surface area (Å²) >= 11 is 5.81. The van der Waals surface area contributed by atoms with E-state index in [1.807, 2.05) is 0 Å². The number of rotatable bonds is 6. The van der Waals surface area contributed by atoms with Crippen molar-refractivity contribution in [1.29, 1.82) is 0 Å². The van der Waals surface area contributed by atoms with E-state index < -0.39 is 6.04 Å². The lowest BCUT2D eigenvalue weighted by Gasteiger charge is -2.18. The van der Waals surface area contributed by atoms with Gasteiger partial charge in [0.2, 0.25) is 11.8 Å². The molecule has 0 saturated carbocycles. The van der Waals surface area contributed by atoms with E-state index in [2.05, 4.69) is 10.8 Å². The van der Waals surface area contributed by atoms with Gasteiger partial charge in [-0.05, 0) is 24.6 Å². The van der Waals surface area contributed by atoms with Gasteiger partial charge in [-0.1, -0.05) is 23.7 Å². The van der Waals surface area contributed by atoms with Crippen LogP contribution in [-0.2, 0) is 14.4 Å². The molecule has 0 aliphatic carbocycles. The van der Waals surface area contributed by atoms with E-state index in [-0.39, 0.29) is 18.2 Å². The van der Waals surface area contributed by atoms with Crippen molar-refractivity contribution in [2.75, 3.05) is 6.61 Å². The van der Waals surface area contributed by atoms with E-state index in [0.29, 0.717) is 11.6 Å². The molecule has 1 rings (SSSR count). The molecule has 0 radical (unpaired) electrons. The lowest BCUT2D eigenvalue weighted by atomic mass is 10.0. The Hall–Kier alpha value is -1.59. The van der Waals surface area contributed by atoms with Crippen LogP contribution in [0.25, 0.3) is 0 Å². The van der Waals surface area contributed by atoms with Crippen molar-refractivity contribution in [3.63, 3.8) is 0 Å². The highest BCUT2D eigenvalue weighted by Gasteiger charge is 2.17. The topological polar surface area (TPSA) is 67.4 Å². The first-order valence-electron chi connectivity index (χ1n) is 5.96. The highest BCUT2D eigenvalue weighted by Crippen LogP contribution is 2.19. The van der Waals surface area contributed by atoms with Crippen molar-refractivity contribution < 1.29 is 14.4 Å². The molecule has 2 amide bonds. The Balaban J connectivity index is 2.74. The van der Waals surface area contributed by atoms with Gasteiger partial charge >= 0.3 is 0 Å². The molecule has 104 valence electrons. The van der Waals surface area contributed by atoms with Crippen LogP contribution in [0.3, 0.4) is 0 Å². The van der Waals surface area contributed by atoms with Gasteiger partial charge in [0.25, 0.3) is 0 Å². The van der Waals surface area contributed by atoms with Crippen LogP contribution in [0, 0.1) is 0 Å². The van der Waals surface area contributed by atoms with Gasteiger partial charge in [0.1, 0.15) is 0 Å². The average Bonchev–Trinajstić information content (AvgIpc) is 2.36. The number of hydrogen-bond donors (Lipinski definition) is 2. The van der Waals surface area contributed by atoms with Crippen LogP contribution in [0.4, 0.5) is 0 Å². The summed E-state index contributed by atoms with van der Waals surface area (Å²) in [4.78, 5) is 27.6. The van der Waals surface area contributed by atoms with Gasteiger partial charge in [0.05, 0.1) is 19.1 Å². The predicted molar refractivity (Wildman–Crippen MR) is 72.4 cm³/mol. The maximum Gasteiger partial charge on any atom is 0.245 e. The van der Waals surface area contributed by atoms with Gasteiger partial charge in [0, 0.05) is 11.9 Å². The highest BCUT2D eigenvalue weighted by molar-refractivity contribution is 6.30. The molecule has 0 fully saturated rings. The second-order valence-electron chi connectivity index (χ2n) is 3.97. The van der Waals surface area contributed by atoms with Crippen molar-refractivity contribution in [1.82, 2.24) is 10.8 Å². The smallest absolute Gasteiger partial charge is 0.245 e. The Bertz CT molecular complexity index is 434. The molecule has 1 aromatic rings. The van der Waals surface area contributed by atoms with E-state index in [9.17, 15) is 9.59 Å². The minimum atomic E-state index is -0.407. The minimum absolute atomic E-state index is 0.0984. The lowest BCUT2D eigenvalue weighted by molar-refractivity contribution is -0.134. The maximum absolute atomic E-state index is 11.6. The summed E-state index contributed by atoms with van der Waals surface area (Å²) in [6, 6.07) is 6.57. The Morgan fingerprint density at radius 1 is 1.32 bits per heavy atom. The summed E-state index contributed by atoms with van der Waals surface area (Å²) in [7, 11) is 0. The molecule has 6 heteroatoms. The van der Waals surface area contributed by atoms with Crippen molar-refractivity contribution in [2.45, 2.75) is 26.3 Å². The number of halogens is 1. The van der Waals surface area contributed by atoms with Crippen molar-refractivity contribution in [3.05, 3.63) is 34.9 Å². The zero-order chi connectivity index (χ0) is 14.3. The fourth-order valence-electron chi connectivity index (χ4n) is 1.57. The van der Waals surface area contributed by atoms with Gasteiger partial charge < -0.3 is 5.32 Å². The van der Waals surface area contributed by atoms with E-state index >= 15 is 0 Å². The molecule has 0 aromatic heterocycles. The molecule has 0 saturated heterocycles. The largest absolute Gasteiger partial charge is 0.349 e. The summed E-state index contributed by atoms with van der Waals surface area (Å²) in [5.41, 5.74) is 3.11. The van der Waals surface area contributed by atoms with E-state index in [0.717, 1.165) is 5.56 Å². The van der Waals surface area contributed by atoms with Crippen molar-refractivity contribution >= 4 is 23.4 Å². The number of carbonyl (C=O) groups is 2. The number of benzene rings is 1. The zero-order valence-corrected chi connectivity index (χ0v) is 11.7. The zero-order valence-electron chi connectivity index (χ0n) is 10.9. The van der Waals surface area contributed by atoms with E-state index in [1.165, 1.54) is 6.92 Å². The first-order chi connectivity index (χ1) is 9.02. The summed E-state index contributed by atoms with van der Waals surface area (Å²) in [5.74, 6) is -0.500. The Labute approximate surface area is 117 Å². The standard InChI is InChI=1S/C13H17ClN2O3/c1-3-19-16-13(18)8-12(15-9(2)17)10-4-6-11(14)7-5-10/h4-7,12H,3,8H2,1-2H3,(H,15,17)(H,16,18). The van der Waals surface area contributed by atoms with Crippen molar-refractivity contribution in [3.8, 4) is 0 Å². The number of amides is 2. The number of nitrogens with one attached hydrogen (secondary N) is 2. The summed E-state index contributed by atoms with van der Waals surface area (Å²) in [5, 5.41) is 3.33. The van der Waals surface area contributed by atoms with E-state index in [1.54, 1.807) is 31.2 Å². The van der Waals surface area contributed by atoms with Crippen LogP contribution in [0.1, 0.15) is 31.9 Å². The van der Waals surface area contributed by atoms with Gasteiger partial charge in [-0.25, -0.2) is 5.48 Å². The Kier molecular flexibility index (Phi) is 6.32. The second kappa shape index (κ2) is 7.76. The van der Waals surface area contributed by atoms with Crippen LogP contribution in [-0.4, -0.2) is 18.4 Å². The van der Waals surface area contributed by atoms with Gasteiger partial charge in [-0.15, -0.1) is 0 Å². The van der Waals surface area contributed by atoms with Crippen LogP contribution >= 0.6 is 11.6 Å². The second-order valence-corrected chi connectivity index (χ2v) is 4.40. The molecule has 1 unspecified atom stereocenters. The third-order valence-corrected chi connectivity index (χ3v) is 2.62. The summed E-state index contributed by atoms with van der Waals surface area (Å²) < 4.78 is 0. The summed E-state index contributed by atoms with van der Waals surface area (Å²) in [6.07, 6.45) is 0.0984. The maximum atomic E-state index is 11.6. The molecule has 0 bridgehead atoms. The van der Waals surface area contributed by atoms with Crippen LogP contribution < -0.4 is 10.8 Å². The fourth-order valence-corrected chi connectivity index (χ4v) is 1.70. The Morgan fingerprint density at radius 2 is 1.95 bits per heavy atom. The van der Waals surface area contributed by atoms with Gasteiger partial charge in [-0.2, -0.15) is 0 Å². The first kappa shape index (κ1) is 15.5. The lowest BCUT2D eigenvalue weighted by Crippen LogP contribution is -2.32. The molecule has 2 N–H and O–H groups in total. The predicted octanol–water partition coefficient (Wildman–Crippen LogP) is 1.97. The number of carbonyl (C=O) groups excluding carboxylic acids is 2. The van der Waals surface area contributed by atoms with Crippen molar-refractivity contribution in [2.24, 2.45) is 0 Å². The third-order valence-electron chi connectivity index (χ3n) is 2.37. The SMILES string of the molecule is CCONC(=O)CC(NC(C)=O)c1ccc(Cl)cc1. The van der Waals surface area contributed by atoms with Crippen LogP contribution in [0.2, 0.25) is 5.02 Å². The molecule has 0 heterocycles. The molecule has 1 aromatic carbocycles. The third kappa shape index (κ3) is 5.72. The molecule has 19 heavy (non-hydrogen) atoms. The molecular weight excluding hydrogens is 268 g/mol. The molecule has 1 atom stereocenters. The number of hydroxylamine groups is 1. The van der Waals surface area contributed by atoms with E-state index in [4.69, 9.17) is 16.4 Å².